The van der Waals surface area contributed by atoms with Crippen molar-refractivity contribution in [2.75, 3.05) is 0 Å². The standard InChI is InChI=1S/C23H30O3/c1-7-22(3,4)21(24)25-19-13-9-17(10-14-19)18-11-15-20(16-12-18)26-23(5,6)8-2/h9-16H,7-8H2,1-6H3. The molecule has 0 radical (unpaired) electrons. The largest absolute Gasteiger partial charge is 0.488 e. The van der Waals surface area contributed by atoms with Crippen LogP contribution in [0.15, 0.2) is 48.5 Å². The van der Waals surface area contributed by atoms with E-state index in [1.54, 1.807) is 0 Å². The first kappa shape index (κ1) is 20.0. The monoisotopic (exact) mass is 354 g/mol. The summed E-state index contributed by atoms with van der Waals surface area (Å²) >= 11 is 0. The molecule has 26 heavy (non-hydrogen) atoms. The van der Waals surface area contributed by atoms with Crippen LogP contribution in [0.5, 0.6) is 11.5 Å². The molecule has 0 saturated heterocycles. The van der Waals surface area contributed by atoms with Crippen molar-refractivity contribution in [2.45, 2.75) is 60.0 Å². The highest BCUT2D eigenvalue weighted by Crippen LogP contribution is 2.28. The Labute approximate surface area is 157 Å². The minimum absolute atomic E-state index is 0.167. The molecule has 3 heteroatoms. The van der Waals surface area contributed by atoms with Crippen molar-refractivity contribution in [2.24, 2.45) is 5.41 Å². The zero-order chi connectivity index (χ0) is 19.4. The van der Waals surface area contributed by atoms with Gasteiger partial charge in [-0.05, 0) is 75.9 Å². The maximum Gasteiger partial charge on any atom is 0.316 e. The molecule has 2 aromatic rings. The van der Waals surface area contributed by atoms with E-state index in [2.05, 4.69) is 20.8 Å². The van der Waals surface area contributed by atoms with Gasteiger partial charge in [-0.25, -0.2) is 0 Å². The first-order valence-corrected chi connectivity index (χ1v) is 9.28. The lowest BCUT2D eigenvalue weighted by molar-refractivity contribution is -0.144. The first-order valence-electron chi connectivity index (χ1n) is 9.28. The molecule has 0 bridgehead atoms. The van der Waals surface area contributed by atoms with E-state index in [9.17, 15) is 4.79 Å². The molecule has 2 rings (SSSR count). The van der Waals surface area contributed by atoms with E-state index in [0.717, 1.165) is 29.7 Å². The van der Waals surface area contributed by atoms with Crippen LogP contribution in [0.3, 0.4) is 0 Å². The average molecular weight is 354 g/mol. The second-order valence-corrected chi connectivity index (χ2v) is 7.89. The van der Waals surface area contributed by atoms with Gasteiger partial charge in [0.2, 0.25) is 0 Å². The van der Waals surface area contributed by atoms with Gasteiger partial charge in [-0.1, -0.05) is 38.1 Å². The summed E-state index contributed by atoms with van der Waals surface area (Å²) in [5.74, 6) is 1.24. The normalized spacial score (nSPS) is 11.9. The highest BCUT2D eigenvalue weighted by molar-refractivity contribution is 5.78. The van der Waals surface area contributed by atoms with Crippen LogP contribution in [0.1, 0.15) is 54.4 Å². The third kappa shape index (κ3) is 5.10. The number of carbonyl (C=O) groups is 1. The van der Waals surface area contributed by atoms with Crippen molar-refractivity contribution in [3.05, 3.63) is 48.5 Å². The van der Waals surface area contributed by atoms with E-state index in [-0.39, 0.29) is 11.6 Å². The average Bonchev–Trinajstić information content (AvgIpc) is 2.62. The minimum Gasteiger partial charge on any atom is -0.488 e. The molecular formula is C23H30O3. The van der Waals surface area contributed by atoms with Crippen LogP contribution in [0.2, 0.25) is 0 Å². The topological polar surface area (TPSA) is 35.5 Å². The molecule has 0 fully saturated rings. The van der Waals surface area contributed by atoms with Crippen molar-refractivity contribution < 1.29 is 14.3 Å². The van der Waals surface area contributed by atoms with Gasteiger partial charge in [-0.3, -0.25) is 4.79 Å². The summed E-state index contributed by atoms with van der Waals surface area (Å²) in [6.07, 6.45) is 1.69. The molecule has 0 atom stereocenters. The van der Waals surface area contributed by atoms with Crippen LogP contribution in [0, 0.1) is 5.41 Å². The number of carbonyl (C=O) groups excluding carboxylic acids is 1. The second kappa shape index (κ2) is 7.94. The molecule has 140 valence electrons. The quantitative estimate of drug-likeness (QED) is 0.435. The molecule has 0 spiro atoms. The van der Waals surface area contributed by atoms with Gasteiger partial charge in [0, 0.05) is 0 Å². The van der Waals surface area contributed by atoms with Crippen LogP contribution in [-0.4, -0.2) is 11.6 Å². The molecule has 0 aliphatic carbocycles. The molecule has 0 amide bonds. The smallest absolute Gasteiger partial charge is 0.316 e. The van der Waals surface area contributed by atoms with E-state index in [0.29, 0.717) is 5.75 Å². The molecule has 2 aromatic carbocycles. The van der Waals surface area contributed by atoms with Crippen LogP contribution in [-0.2, 0) is 4.79 Å². The molecule has 3 nitrogen and oxygen atoms in total. The van der Waals surface area contributed by atoms with Crippen LogP contribution in [0.25, 0.3) is 11.1 Å². The lowest BCUT2D eigenvalue weighted by atomic mass is 9.91. The zero-order valence-electron chi connectivity index (χ0n) is 16.8. The predicted molar refractivity (Wildman–Crippen MR) is 107 cm³/mol. The number of hydrogen-bond donors (Lipinski definition) is 0. The molecule has 0 heterocycles. The fourth-order valence-electron chi connectivity index (χ4n) is 2.21. The summed E-state index contributed by atoms with van der Waals surface area (Å²) in [5, 5.41) is 0. The summed E-state index contributed by atoms with van der Waals surface area (Å²) < 4.78 is 11.5. The molecule has 0 aromatic heterocycles. The lowest BCUT2D eigenvalue weighted by Gasteiger charge is -2.24. The predicted octanol–water partition coefficient (Wildman–Crippen LogP) is 6.26. The van der Waals surface area contributed by atoms with Crippen molar-refractivity contribution in [3.63, 3.8) is 0 Å². The highest BCUT2D eigenvalue weighted by atomic mass is 16.5. The van der Waals surface area contributed by atoms with Gasteiger partial charge < -0.3 is 9.47 Å². The number of benzene rings is 2. The number of rotatable bonds is 7. The van der Waals surface area contributed by atoms with Gasteiger partial charge in [0.25, 0.3) is 0 Å². The molecule has 0 N–H and O–H groups in total. The molecular weight excluding hydrogens is 324 g/mol. The number of hydrogen-bond acceptors (Lipinski definition) is 3. The van der Waals surface area contributed by atoms with Gasteiger partial charge in [0.1, 0.15) is 17.1 Å². The Balaban J connectivity index is 2.07. The Kier molecular flexibility index (Phi) is 6.12. The van der Waals surface area contributed by atoms with Gasteiger partial charge in [0.15, 0.2) is 0 Å². The van der Waals surface area contributed by atoms with E-state index in [1.807, 2.05) is 69.3 Å². The van der Waals surface area contributed by atoms with Crippen molar-refractivity contribution >= 4 is 5.97 Å². The molecule has 0 aliphatic heterocycles. The maximum atomic E-state index is 12.2. The number of ether oxygens (including phenoxy) is 2. The highest BCUT2D eigenvalue weighted by Gasteiger charge is 2.27. The van der Waals surface area contributed by atoms with Crippen molar-refractivity contribution in [1.82, 2.24) is 0 Å². The van der Waals surface area contributed by atoms with Gasteiger partial charge in [0.05, 0.1) is 5.41 Å². The van der Waals surface area contributed by atoms with Crippen molar-refractivity contribution in [1.29, 1.82) is 0 Å². The number of esters is 1. The van der Waals surface area contributed by atoms with Gasteiger partial charge >= 0.3 is 5.97 Å². The summed E-state index contributed by atoms with van der Waals surface area (Å²) in [6, 6.07) is 15.7. The molecule has 0 unspecified atom stereocenters. The van der Waals surface area contributed by atoms with E-state index >= 15 is 0 Å². The Hall–Kier alpha value is -2.29. The molecule has 0 aliphatic rings. The second-order valence-electron chi connectivity index (χ2n) is 7.89. The van der Waals surface area contributed by atoms with Crippen LogP contribution < -0.4 is 9.47 Å². The van der Waals surface area contributed by atoms with Gasteiger partial charge in [-0.15, -0.1) is 0 Å². The van der Waals surface area contributed by atoms with E-state index in [1.165, 1.54) is 0 Å². The van der Waals surface area contributed by atoms with Crippen molar-refractivity contribution in [3.8, 4) is 22.6 Å². The molecule has 0 saturated carbocycles. The Morgan fingerprint density at radius 2 is 1.23 bits per heavy atom. The van der Waals surface area contributed by atoms with E-state index in [4.69, 9.17) is 9.47 Å². The Morgan fingerprint density at radius 1 is 0.769 bits per heavy atom. The first-order chi connectivity index (χ1) is 12.2. The van der Waals surface area contributed by atoms with Gasteiger partial charge in [-0.2, -0.15) is 0 Å². The summed E-state index contributed by atoms with van der Waals surface area (Å²) in [5.41, 5.74) is 1.53. The summed E-state index contributed by atoms with van der Waals surface area (Å²) in [7, 11) is 0. The third-order valence-corrected chi connectivity index (χ3v) is 4.93. The third-order valence-electron chi connectivity index (χ3n) is 4.93. The van der Waals surface area contributed by atoms with E-state index < -0.39 is 5.41 Å². The summed E-state index contributed by atoms with van der Waals surface area (Å²) in [6.45, 7) is 12.1. The Bertz CT molecular complexity index is 725. The fraction of sp³-hybridized carbons (Fsp3) is 0.435. The van der Waals surface area contributed by atoms with Crippen LogP contribution >= 0.6 is 0 Å². The SMILES string of the molecule is CCC(C)(C)Oc1ccc(-c2ccc(OC(=O)C(C)(C)CC)cc2)cc1. The minimum atomic E-state index is -0.471. The fourth-order valence-corrected chi connectivity index (χ4v) is 2.21. The lowest BCUT2D eigenvalue weighted by Crippen LogP contribution is -2.28. The summed E-state index contributed by atoms with van der Waals surface area (Å²) in [4.78, 5) is 12.2. The zero-order valence-corrected chi connectivity index (χ0v) is 16.8. The van der Waals surface area contributed by atoms with Crippen LogP contribution in [0.4, 0.5) is 0 Å². The maximum absolute atomic E-state index is 12.2. The Morgan fingerprint density at radius 3 is 1.65 bits per heavy atom.